The van der Waals surface area contributed by atoms with E-state index in [0.29, 0.717) is 16.3 Å². The Hall–Kier alpha value is -2.00. The van der Waals surface area contributed by atoms with Crippen LogP contribution in [0, 0.1) is 13.8 Å². The molecule has 0 saturated heterocycles. The van der Waals surface area contributed by atoms with E-state index in [9.17, 15) is 9.90 Å². The number of aryl methyl sites for hydroxylation is 2. The van der Waals surface area contributed by atoms with Crippen LogP contribution in [-0.4, -0.2) is 11.1 Å². The second-order valence-corrected chi connectivity index (χ2v) is 5.74. The lowest BCUT2D eigenvalue weighted by Gasteiger charge is -2.29. The number of hydrogen-bond donors (Lipinski definition) is 2. The van der Waals surface area contributed by atoms with Gasteiger partial charge in [-0.15, -0.1) is 0 Å². The first-order valence-electron chi connectivity index (χ1n) is 6.68. The van der Waals surface area contributed by atoms with Crippen LogP contribution >= 0.6 is 11.6 Å². The lowest BCUT2D eigenvalue weighted by atomic mass is 9.89. The zero-order chi connectivity index (χ0) is 15.6. The smallest absolute Gasteiger partial charge is 0.333 e. The first-order valence-corrected chi connectivity index (χ1v) is 7.06. The van der Waals surface area contributed by atoms with Gasteiger partial charge in [0.15, 0.2) is 5.54 Å². The van der Waals surface area contributed by atoms with E-state index in [1.165, 1.54) is 0 Å². The second-order valence-electron chi connectivity index (χ2n) is 5.33. The zero-order valence-corrected chi connectivity index (χ0v) is 13.0. The normalized spacial score (nSPS) is 13.5. The van der Waals surface area contributed by atoms with E-state index in [0.717, 1.165) is 11.1 Å². The molecule has 0 spiro atoms. The Morgan fingerprint density at radius 2 is 1.81 bits per heavy atom. The molecule has 0 aliphatic carbocycles. The van der Waals surface area contributed by atoms with Gasteiger partial charge in [0.05, 0.1) is 10.7 Å². The molecular weight excluding hydrogens is 286 g/mol. The van der Waals surface area contributed by atoms with Gasteiger partial charge in [-0.25, -0.2) is 4.79 Å². The topological polar surface area (TPSA) is 49.3 Å². The van der Waals surface area contributed by atoms with E-state index in [1.54, 1.807) is 19.1 Å². The number of rotatable bonds is 4. The van der Waals surface area contributed by atoms with E-state index in [4.69, 9.17) is 11.6 Å². The second kappa shape index (κ2) is 5.78. The molecule has 0 radical (unpaired) electrons. The average Bonchev–Trinajstić information content (AvgIpc) is 2.44. The predicted molar refractivity (Wildman–Crippen MR) is 86.0 cm³/mol. The van der Waals surface area contributed by atoms with Crippen molar-refractivity contribution >= 4 is 23.3 Å². The average molecular weight is 304 g/mol. The number of aliphatic carboxylic acids is 1. The molecule has 1 atom stereocenters. The number of carbonyl (C=O) groups is 1. The lowest BCUT2D eigenvalue weighted by Crippen LogP contribution is -2.40. The molecule has 4 heteroatoms. The summed E-state index contributed by atoms with van der Waals surface area (Å²) in [6, 6.07) is 12.8. The first-order chi connectivity index (χ1) is 9.84. The minimum Gasteiger partial charge on any atom is -0.479 e. The molecule has 0 aliphatic heterocycles. The molecule has 0 aliphatic rings. The van der Waals surface area contributed by atoms with Crippen LogP contribution in [-0.2, 0) is 10.3 Å². The van der Waals surface area contributed by atoms with Crippen LogP contribution in [0.15, 0.2) is 42.5 Å². The molecule has 2 aromatic carbocycles. The third-order valence-corrected chi connectivity index (χ3v) is 4.10. The fourth-order valence-electron chi connectivity index (χ4n) is 2.13. The first kappa shape index (κ1) is 15.4. The van der Waals surface area contributed by atoms with Crippen LogP contribution in [0.2, 0.25) is 5.02 Å². The fraction of sp³-hybridized carbons (Fsp3) is 0.235. The summed E-state index contributed by atoms with van der Waals surface area (Å²) in [6.07, 6.45) is 0. The summed E-state index contributed by atoms with van der Waals surface area (Å²) >= 11 is 6.12. The van der Waals surface area contributed by atoms with E-state index in [-0.39, 0.29) is 0 Å². The highest BCUT2D eigenvalue weighted by Crippen LogP contribution is 2.31. The summed E-state index contributed by atoms with van der Waals surface area (Å²) in [5.74, 6) is -0.953. The summed E-state index contributed by atoms with van der Waals surface area (Å²) in [5.41, 5.74) is 2.23. The Bertz CT molecular complexity index is 684. The highest BCUT2D eigenvalue weighted by Gasteiger charge is 2.35. The van der Waals surface area contributed by atoms with Gasteiger partial charge in [-0.1, -0.05) is 41.9 Å². The Morgan fingerprint density at radius 3 is 2.38 bits per heavy atom. The number of nitrogens with one attached hydrogen (secondary N) is 1. The van der Waals surface area contributed by atoms with Gasteiger partial charge in [0.2, 0.25) is 0 Å². The maximum Gasteiger partial charge on any atom is 0.333 e. The number of benzene rings is 2. The maximum atomic E-state index is 11.8. The lowest BCUT2D eigenvalue weighted by molar-refractivity contribution is -0.142. The summed E-state index contributed by atoms with van der Waals surface area (Å²) in [4.78, 5) is 11.8. The number of carboxylic acid groups (broad SMARTS) is 1. The van der Waals surface area contributed by atoms with Crippen molar-refractivity contribution < 1.29 is 9.90 Å². The van der Waals surface area contributed by atoms with Crippen LogP contribution in [0.25, 0.3) is 0 Å². The highest BCUT2D eigenvalue weighted by atomic mass is 35.5. The van der Waals surface area contributed by atoms with Crippen molar-refractivity contribution in [2.45, 2.75) is 26.3 Å². The van der Waals surface area contributed by atoms with Gasteiger partial charge in [0, 0.05) is 0 Å². The molecule has 0 heterocycles. The number of anilines is 1. The third kappa shape index (κ3) is 3.03. The van der Waals surface area contributed by atoms with E-state index < -0.39 is 11.5 Å². The minimum absolute atomic E-state index is 0.494. The van der Waals surface area contributed by atoms with Gasteiger partial charge in [-0.3, -0.25) is 0 Å². The molecular formula is C17H18ClNO2. The van der Waals surface area contributed by atoms with Crippen LogP contribution in [0.3, 0.4) is 0 Å². The zero-order valence-electron chi connectivity index (χ0n) is 12.3. The van der Waals surface area contributed by atoms with Crippen molar-refractivity contribution in [3.63, 3.8) is 0 Å². The summed E-state index contributed by atoms with van der Waals surface area (Å²) < 4.78 is 0. The Balaban J connectivity index is 2.48. The number of carboxylic acids is 1. The molecule has 110 valence electrons. The molecule has 1 unspecified atom stereocenters. The predicted octanol–water partition coefficient (Wildman–Crippen LogP) is 4.37. The van der Waals surface area contributed by atoms with Crippen LogP contribution < -0.4 is 5.32 Å². The van der Waals surface area contributed by atoms with Gasteiger partial charge >= 0.3 is 5.97 Å². The molecule has 0 fully saturated rings. The Morgan fingerprint density at radius 1 is 1.14 bits per heavy atom. The molecule has 2 rings (SSSR count). The maximum absolute atomic E-state index is 11.8. The van der Waals surface area contributed by atoms with Crippen LogP contribution in [0.1, 0.15) is 23.6 Å². The van der Waals surface area contributed by atoms with Crippen molar-refractivity contribution in [2.24, 2.45) is 0 Å². The van der Waals surface area contributed by atoms with Crippen LogP contribution in [0.4, 0.5) is 5.69 Å². The number of para-hydroxylation sites is 1. The van der Waals surface area contributed by atoms with Crippen molar-refractivity contribution in [3.8, 4) is 0 Å². The molecule has 2 N–H and O–H groups in total. The van der Waals surface area contributed by atoms with Crippen molar-refractivity contribution in [1.29, 1.82) is 0 Å². The summed E-state index contributed by atoms with van der Waals surface area (Å²) in [6.45, 7) is 5.61. The van der Waals surface area contributed by atoms with Gasteiger partial charge in [0.25, 0.3) is 0 Å². The van der Waals surface area contributed by atoms with Crippen LogP contribution in [0.5, 0.6) is 0 Å². The van der Waals surface area contributed by atoms with E-state index >= 15 is 0 Å². The summed E-state index contributed by atoms with van der Waals surface area (Å²) in [5, 5.41) is 13.2. The highest BCUT2D eigenvalue weighted by molar-refractivity contribution is 6.33. The largest absolute Gasteiger partial charge is 0.479 e. The van der Waals surface area contributed by atoms with E-state index in [2.05, 4.69) is 5.32 Å². The van der Waals surface area contributed by atoms with Gasteiger partial charge in [-0.2, -0.15) is 0 Å². The van der Waals surface area contributed by atoms with E-state index in [1.807, 2.05) is 44.2 Å². The minimum atomic E-state index is -1.25. The molecule has 0 aromatic heterocycles. The molecule has 21 heavy (non-hydrogen) atoms. The standard InChI is InChI=1S/C17H18ClNO2/c1-11-8-9-13(10-12(11)2)17(3,16(20)21)19-15-7-5-4-6-14(15)18/h4-10,19H,1-3H3,(H,20,21). The molecule has 3 nitrogen and oxygen atoms in total. The SMILES string of the molecule is Cc1ccc(C(C)(Nc2ccccc2Cl)C(=O)O)cc1C. The molecule has 0 amide bonds. The molecule has 0 bridgehead atoms. The molecule has 2 aromatic rings. The van der Waals surface area contributed by atoms with Gasteiger partial charge < -0.3 is 10.4 Å². The van der Waals surface area contributed by atoms with Crippen molar-refractivity contribution in [3.05, 3.63) is 64.2 Å². The molecule has 0 saturated carbocycles. The summed E-state index contributed by atoms with van der Waals surface area (Å²) in [7, 11) is 0. The quantitative estimate of drug-likeness (QED) is 0.882. The Kier molecular flexibility index (Phi) is 4.24. The van der Waals surface area contributed by atoms with Crippen molar-refractivity contribution in [1.82, 2.24) is 0 Å². The number of halogens is 1. The van der Waals surface area contributed by atoms with Gasteiger partial charge in [-0.05, 0) is 49.6 Å². The van der Waals surface area contributed by atoms with Gasteiger partial charge in [0.1, 0.15) is 0 Å². The third-order valence-electron chi connectivity index (χ3n) is 3.77. The monoisotopic (exact) mass is 303 g/mol. The van der Waals surface area contributed by atoms with Crippen molar-refractivity contribution in [2.75, 3.05) is 5.32 Å². The fourth-order valence-corrected chi connectivity index (χ4v) is 2.32. The Labute approximate surface area is 129 Å². The number of hydrogen-bond acceptors (Lipinski definition) is 2.